The van der Waals surface area contributed by atoms with E-state index in [0.29, 0.717) is 35.5 Å². The molecule has 0 heterocycles. The smallest absolute Gasteiger partial charge is 0.0136 e. The molecule has 0 aliphatic heterocycles. The lowest BCUT2D eigenvalue weighted by Gasteiger charge is -2.47. The SMILES string of the molecule is CC(C)C(Cc1c2cc3ccccc3cc2c(CC(C(C)C)(C(C)C)C(C)C)c2cc3ccccc3cc12)(C(C)C)C(C)C. The predicted molar refractivity (Wildman–Crippen MR) is 198 cm³/mol. The van der Waals surface area contributed by atoms with E-state index in [0.717, 1.165) is 12.8 Å². The van der Waals surface area contributed by atoms with Crippen molar-refractivity contribution >= 4 is 43.1 Å². The number of rotatable bonds is 10. The van der Waals surface area contributed by atoms with Crippen molar-refractivity contribution in [3.63, 3.8) is 0 Å². The Bertz CT molecular complexity index is 1500. The Morgan fingerprint density at radius 3 is 0.750 bits per heavy atom. The van der Waals surface area contributed by atoms with E-state index >= 15 is 0 Å². The molecular weight excluding hydrogens is 528 g/mol. The van der Waals surface area contributed by atoms with Gasteiger partial charge in [-0.2, -0.15) is 0 Å². The Morgan fingerprint density at radius 2 is 0.568 bits per heavy atom. The number of fused-ring (bicyclic) bond motifs is 4. The predicted octanol–water partition coefficient (Wildman–Crippen LogP) is 13.3. The van der Waals surface area contributed by atoms with E-state index in [4.69, 9.17) is 0 Å². The maximum atomic E-state index is 2.55. The molecule has 0 heteroatoms. The molecule has 5 rings (SSSR count). The molecular formula is C44H58. The van der Waals surface area contributed by atoms with Gasteiger partial charge in [-0.15, -0.1) is 0 Å². The summed E-state index contributed by atoms with van der Waals surface area (Å²) in [5.74, 6) is 3.44. The molecule has 44 heavy (non-hydrogen) atoms. The summed E-state index contributed by atoms with van der Waals surface area (Å²) in [6.07, 6.45) is 2.18. The molecule has 0 amide bonds. The van der Waals surface area contributed by atoms with E-state index in [1.807, 2.05) is 0 Å². The van der Waals surface area contributed by atoms with Crippen molar-refractivity contribution in [2.75, 3.05) is 0 Å². The second-order valence-corrected chi connectivity index (χ2v) is 16.0. The van der Waals surface area contributed by atoms with Crippen molar-refractivity contribution in [1.29, 1.82) is 0 Å². The van der Waals surface area contributed by atoms with Crippen molar-refractivity contribution in [3.8, 4) is 0 Å². The molecule has 0 aliphatic rings. The fraction of sp³-hybridized carbons (Fsp3) is 0.500. The molecule has 0 saturated heterocycles. The number of hydrogen-bond acceptors (Lipinski definition) is 0. The average molecular weight is 587 g/mol. The zero-order valence-electron chi connectivity index (χ0n) is 29.8. The summed E-state index contributed by atoms with van der Waals surface area (Å²) in [5.41, 5.74) is 3.48. The molecule has 0 aromatic heterocycles. The van der Waals surface area contributed by atoms with Gasteiger partial charge < -0.3 is 0 Å². The summed E-state index contributed by atoms with van der Waals surface area (Å²) in [6.45, 7) is 29.6. The topological polar surface area (TPSA) is 0 Å². The van der Waals surface area contributed by atoms with Gasteiger partial charge in [-0.1, -0.05) is 132 Å². The number of hydrogen-bond donors (Lipinski definition) is 0. The Kier molecular flexibility index (Phi) is 8.98. The quantitative estimate of drug-likeness (QED) is 0.143. The molecule has 0 nitrogen and oxygen atoms in total. The highest BCUT2D eigenvalue weighted by Crippen LogP contribution is 2.52. The van der Waals surface area contributed by atoms with Gasteiger partial charge >= 0.3 is 0 Å². The van der Waals surface area contributed by atoms with Crippen molar-refractivity contribution in [2.24, 2.45) is 46.3 Å². The minimum Gasteiger partial charge on any atom is -0.0622 e. The molecule has 0 aliphatic carbocycles. The van der Waals surface area contributed by atoms with Crippen LogP contribution >= 0.6 is 0 Å². The van der Waals surface area contributed by atoms with Crippen molar-refractivity contribution in [1.82, 2.24) is 0 Å². The number of benzene rings is 5. The first kappa shape index (κ1) is 32.5. The summed E-state index contributed by atoms with van der Waals surface area (Å²) in [7, 11) is 0. The summed E-state index contributed by atoms with van der Waals surface area (Å²) >= 11 is 0. The van der Waals surface area contributed by atoms with E-state index in [-0.39, 0.29) is 10.8 Å². The standard InChI is InChI=1S/C44H58/c1-27(2)43(28(3)4,29(5)6)25-41-37-21-33-17-13-15-19-35(33)23-39(37)42(26-44(30(7)8,31(9)10)32(11)12)40-24-36-20-16-14-18-34(36)22-38(40)41/h13-24,27-32H,25-26H2,1-12H3. The first-order chi connectivity index (χ1) is 20.7. The van der Waals surface area contributed by atoms with Gasteiger partial charge in [0.25, 0.3) is 0 Å². The van der Waals surface area contributed by atoms with Gasteiger partial charge in [0.15, 0.2) is 0 Å². The van der Waals surface area contributed by atoms with Crippen LogP contribution in [0.15, 0.2) is 72.8 Å². The monoisotopic (exact) mass is 586 g/mol. The highest BCUT2D eigenvalue weighted by atomic mass is 14.5. The highest BCUT2D eigenvalue weighted by Gasteiger charge is 2.43. The normalized spacial score (nSPS) is 13.5. The Labute approximate surface area is 268 Å². The maximum absolute atomic E-state index is 2.55. The van der Waals surface area contributed by atoms with Crippen molar-refractivity contribution in [3.05, 3.63) is 83.9 Å². The zero-order valence-corrected chi connectivity index (χ0v) is 29.8. The van der Waals surface area contributed by atoms with E-state index in [2.05, 4.69) is 156 Å². The van der Waals surface area contributed by atoms with Crippen LogP contribution in [0.4, 0.5) is 0 Å². The minimum atomic E-state index is 0.191. The van der Waals surface area contributed by atoms with Gasteiger partial charge in [0, 0.05) is 0 Å². The van der Waals surface area contributed by atoms with Crippen LogP contribution in [0.25, 0.3) is 43.1 Å². The largest absolute Gasteiger partial charge is 0.0622 e. The second-order valence-electron chi connectivity index (χ2n) is 16.0. The molecule has 0 fully saturated rings. The fourth-order valence-electron chi connectivity index (χ4n) is 9.99. The molecule has 0 saturated carbocycles. The first-order valence-corrected chi connectivity index (χ1v) is 17.5. The van der Waals surface area contributed by atoms with Crippen LogP contribution in [-0.2, 0) is 12.8 Å². The Hall–Kier alpha value is -2.86. The van der Waals surface area contributed by atoms with Crippen LogP contribution in [0.3, 0.4) is 0 Å². The molecule has 5 aromatic carbocycles. The van der Waals surface area contributed by atoms with Gasteiger partial charge in [-0.3, -0.25) is 0 Å². The molecule has 234 valence electrons. The Morgan fingerprint density at radius 1 is 0.364 bits per heavy atom. The molecule has 0 spiro atoms. The third-order valence-electron chi connectivity index (χ3n) is 12.5. The van der Waals surface area contributed by atoms with Gasteiger partial charge in [-0.25, -0.2) is 0 Å². The molecule has 0 atom stereocenters. The van der Waals surface area contributed by atoms with Gasteiger partial charge in [0.1, 0.15) is 0 Å². The molecule has 0 N–H and O–H groups in total. The van der Waals surface area contributed by atoms with E-state index in [1.165, 1.54) is 43.1 Å². The van der Waals surface area contributed by atoms with Crippen molar-refractivity contribution in [2.45, 2.75) is 95.9 Å². The van der Waals surface area contributed by atoms with Crippen LogP contribution < -0.4 is 0 Å². The second kappa shape index (κ2) is 12.2. The van der Waals surface area contributed by atoms with Crippen LogP contribution in [0.5, 0.6) is 0 Å². The molecule has 0 radical (unpaired) electrons. The van der Waals surface area contributed by atoms with Crippen molar-refractivity contribution < 1.29 is 0 Å². The summed E-state index contributed by atoms with van der Waals surface area (Å²) < 4.78 is 0. The lowest BCUT2D eigenvalue weighted by molar-refractivity contribution is 0.0498. The lowest BCUT2D eigenvalue weighted by atomic mass is 9.58. The van der Waals surface area contributed by atoms with Gasteiger partial charge in [-0.05, 0) is 138 Å². The summed E-state index contributed by atoms with van der Waals surface area (Å²) in [4.78, 5) is 0. The fourth-order valence-corrected chi connectivity index (χ4v) is 9.99. The van der Waals surface area contributed by atoms with E-state index < -0.39 is 0 Å². The molecule has 0 unspecified atom stereocenters. The average Bonchev–Trinajstić information content (AvgIpc) is 2.96. The van der Waals surface area contributed by atoms with E-state index in [1.54, 1.807) is 11.1 Å². The molecule has 0 bridgehead atoms. The lowest BCUT2D eigenvalue weighted by Crippen LogP contribution is -2.41. The van der Waals surface area contributed by atoms with Crippen LogP contribution in [0.1, 0.15) is 94.2 Å². The Balaban J connectivity index is 2.01. The summed E-state index contributed by atoms with van der Waals surface area (Å²) in [5, 5.41) is 11.3. The summed E-state index contributed by atoms with van der Waals surface area (Å²) in [6, 6.07) is 28.2. The van der Waals surface area contributed by atoms with Crippen LogP contribution in [0.2, 0.25) is 0 Å². The third-order valence-corrected chi connectivity index (χ3v) is 12.5. The first-order valence-electron chi connectivity index (χ1n) is 17.5. The maximum Gasteiger partial charge on any atom is -0.0136 e. The van der Waals surface area contributed by atoms with Gasteiger partial charge in [0.2, 0.25) is 0 Å². The highest BCUT2D eigenvalue weighted by molar-refractivity contribution is 6.13. The minimum absolute atomic E-state index is 0.191. The van der Waals surface area contributed by atoms with Gasteiger partial charge in [0.05, 0.1) is 0 Å². The zero-order chi connectivity index (χ0) is 32.1. The van der Waals surface area contributed by atoms with E-state index in [9.17, 15) is 0 Å². The third kappa shape index (κ3) is 5.15. The van der Waals surface area contributed by atoms with Crippen LogP contribution in [-0.4, -0.2) is 0 Å². The molecule has 5 aromatic rings. The van der Waals surface area contributed by atoms with Crippen LogP contribution in [0, 0.1) is 46.3 Å².